The Morgan fingerprint density at radius 3 is 2.68 bits per heavy atom. The molecule has 1 amide bonds. The van der Waals surface area contributed by atoms with Gasteiger partial charge in [0.2, 0.25) is 0 Å². The van der Waals surface area contributed by atoms with E-state index < -0.39 is 0 Å². The summed E-state index contributed by atoms with van der Waals surface area (Å²) >= 11 is 5.98. The molecule has 1 aliphatic heterocycles. The molecule has 0 spiro atoms. The van der Waals surface area contributed by atoms with Gasteiger partial charge in [-0.3, -0.25) is 9.69 Å². The minimum Gasteiger partial charge on any atom is -0.329 e. The molecule has 1 aromatic rings. The summed E-state index contributed by atoms with van der Waals surface area (Å²) < 4.78 is 0. The zero-order valence-corrected chi connectivity index (χ0v) is 11.8. The van der Waals surface area contributed by atoms with Crippen LogP contribution in [0.15, 0.2) is 24.3 Å². The molecule has 1 fully saturated rings. The van der Waals surface area contributed by atoms with Crippen molar-refractivity contribution in [2.75, 3.05) is 26.2 Å². The van der Waals surface area contributed by atoms with Gasteiger partial charge in [0.15, 0.2) is 0 Å². The third-order valence-corrected chi connectivity index (χ3v) is 3.42. The first-order chi connectivity index (χ1) is 9.19. The Hall–Kier alpha value is -1.50. The Balaban J connectivity index is 1.86. The second kappa shape index (κ2) is 6.60. The van der Waals surface area contributed by atoms with E-state index in [-0.39, 0.29) is 5.91 Å². The van der Waals surface area contributed by atoms with Crippen LogP contribution in [0, 0.1) is 11.8 Å². The predicted octanol–water partition coefficient (Wildman–Crippen LogP) is 2.01. The maximum absolute atomic E-state index is 11.6. The molecule has 3 nitrogen and oxygen atoms in total. The van der Waals surface area contributed by atoms with Crippen LogP contribution >= 0.6 is 11.6 Å². The van der Waals surface area contributed by atoms with Gasteiger partial charge in [0.1, 0.15) is 0 Å². The first-order valence-corrected chi connectivity index (χ1v) is 6.75. The number of halogens is 1. The minimum atomic E-state index is -0.0649. The van der Waals surface area contributed by atoms with E-state index in [4.69, 9.17) is 11.6 Å². The molecular formula is C15H17ClN2O. The van der Waals surface area contributed by atoms with Crippen LogP contribution < -0.4 is 0 Å². The van der Waals surface area contributed by atoms with Crippen molar-refractivity contribution in [3.63, 3.8) is 0 Å². The molecule has 0 saturated carbocycles. The number of benzene rings is 1. The second-order valence-electron chi connectivity index (χ2n) is 4.57. The summed E-state index contributed by atoms with van der Waals surface area (Å²) in [6, 6.07) is 7.91. The number of rotatable bonds is 2. The monoisotopic (exact) mass is 276 g/mol. The zero-order chi connectivity index (χ0) is 13.7. The van der Waals surface area contributed by atoms with Crippen molar-refractivity contribution in [3.8, 4) is 11.8 Å². The van der Waals surface area contributed by atoms with Crippen LogP contribution in [0.3, 0.4) is 0 Å². The van der Waals surface area contributed by atoms with Gasteiger partial charge in [-0.15, -0.1) is 0 Å². The smallest absolute Gasteiger partial charge is 0.298 e. The molecule has 0 aliphatic carbocycles. The quantitative estimate of drug-likeness (QED) is 0.772. The number of carbonyl (C=O) groups excluding carboxylic acids is 1. The number of amides is 1. The Labute approximate surface area is 119 Å². The summed E-state index contributed by atoms with van der Waals surface area (Å²) in [5.41, 5.74) is 1.21. The molecule has 1 aliphatic rings. The molecule has 100 valence electrons. The first-order valence-electron chi connectivity index (χ1n) is 6.37. The van der Waals surface area contributed by atoms with Crippen LogP contribution in [0.4, 0.5) is 0 Å². The van der Waals surface area contributed by atoms with Gasteiger partial charge in [-0.1, -0.05) is 29.7 Å². The maximum Gasteiger partial charge on any atom is 0.298 e. The molecule has 0 aromatic heterocycles. The summed E-state index contributed by atoms with van der Waals surface area (Å²) in [4.78, 5) is 15.8. The zero-order valence-electron chi connectivity index (χ0n) is 11.0. The number of nitrogens with zero attached hydrogens (tertiary/aromatic N) is 2. The normalized spacial score (nSPS) is 15.8. The molecule has 1 aromatic carbocycles. The van der Waals surface area contributed by atoms with Crippen LogP contribution in [0.1, 0.15) is 12.5 Å². The SMILES string of the molecule is CC#CC(=O)N1CCN(Cc2cccc(Cl)c2)CC1. The van der Waals surface area contributed by atoms with Crippen LogP contribution in [0.2, 0.25) is 5.02 Å². The van der Waals surface area contributed by atoms with Crippen LogP contribution in [0.5, 0.6) is 0 Å². The average molecular weight is 277 g/mol. The van der Waals surface area contributed by atoms with Gasteiger partial charge in [0, 0.05) is 37.7 Å². The fourth-order valence-corrected chi connectivity index (χ4v) is 2.40. The van der Waals surface area contributed by atoms with E-state index in [0.29, 0.717) is 0 Å². The van der Waals surface area contributed by atoms with E-state index in [2.05, 4.69) is 22.8 Å². The lowest BCUT2D eigenvalue weighted by Gasteiger charge is -2.33. The molecule has 0 radical (unpaired) electrons. The molecule has 0 atom stereocenters. The Morgan fingerprint density at radius 1 is 1.32 bits per heavy atom. The molecule has 1 heterocycles. The highest BCUT2D eigenvalue weighted by Crippen LogP contribution is 2.13. The average Bonchev–Trinajstić information content (AvgIpc) is 2.40. The Morgan fingerprint density at radius 2 is 2.05 bits per heavy atom. The molecule has 0 unspecified atom stereocenters. The second-order valence-corrected chi connectivity index (χ2v) is 5.01. The van der Waals surface area contributed by atoms with Gasteiger partial charge in [-0.25, -0.2) is 0 Å². The highest BCUT2D eigenvalue weighted by Gasteiger charge is 2.19. The van der Waals surface area contributed by atoms with Gasteiger partial charge >= 0.3 is 0 Å². The van der Waals surface area contributed by atoms with E-state index >= 15 is 0 Å². The highest BCUT2D eigenvalue weighted by molar-refractivity contribution is 6.30. The first kappa shape index (κ1) is 13.9. The molecule has 4 heteroatoms. The predicted molar refractivity (Wildman–Crippen MR) is 76.8 cm³/mol. The minimum absolute atomic E-state index is 0.0649. The summed E-state index contributed by atoms with van der Waals surface area (Å²) in [6.45, 7) is 5.81. The van der Waals surface area contributed by atoms with Crippen LogP contribution in [-0.4, -0.2) is 41.9 Å². The standard InChI is InChI=1S/C15H17ClN2O/c1-2-4-15(19)18-9-7-17(8-10-18)12-13-5-3-6-14(16)11-13/h3,5-6,11H,7-10,12H2,1H3. The Bertz CT molecular complexity index is 510. The number of hydrogen-bond donors (Lipinski definition) is 0. The lowest BCUT2D eigenvalue weighted by Crippen LogP contribution is -2.47. The van der Waals surface area contributed by atoms with Crippen molar-refractivity contribution in [2.45, 2.75) is 13.5 Å². The fraction of sp³-hybridized carbons (Fsp3) is 0.400. The van der Waals surface area contributed by atoms with Gasteiger partial charge < -0.3 is 4.90 Å². The van der Waals surface area contributed by atoms with E-state index in [1.54, 1.807) is 6.92 Å². The largest absolute Gasteiger partial charge is 0.329 e. The maximum atomic E-state index is 11.6. The third-order valence-electron chi connectivity index (χ3n) is 3.19. The van der Waals surface area contributed by atoms with Crippen molar-refractivity contribution < 1.29 is 4.79 Å². The highest BCUT2D eigenvalue weighted by atomic mass is 35.5. The fourth-order valence-electron chi connectivity index (χ4n) is 2.19. The van der Waals surface area contributed by atoms with Gasteiger partial charge in [0.05, 0.1) is 0 Å². The summed E-state index contributed by atoms with van der Waals surface area (Å²) in [6.07, 6.45) is 0. The number of carbonyl (C=O) groups is 1. The van der Waals surface area contributed by atoms with E-state index in [0.717, 1.165) is 37.7 Å². The lowest BCUT2D eigenvalue weighted by atomic mass is 10.2. The van der Waals surface area contributed by atoms with Crippen molar-refractivity contribution in [1.29, 1.82) is 0 Å². The molecule has 0 N–H and O–H groups in total. The summed E-state index contributed by atoms with van der Waals surface area (Å²) in [5, 5.41) is 0.768. The van der Waals surface area contributed by atoms with Crippen molar-refractivity contribution in [3.05, 3.63) is 34.9 Å². The van der Waals surface area contributed by atoms with Crippen molar-refractivity contribution in [1.82, 2.24) is 9.80 Å². The van der Waals surface area contributed by atoms with E-state index in [9.17, 15) is 4.79 Å². The topological polar surface area (TPSA) is 23.6 Å². The molecule has 2 rings (SSSR count). The third kappa shape index (κ3) is 3.99. The summed E-state index contributed by atoms with van der Waals surface area (Å²) in [5.74, 6) is 5.18. The number of hydrogen-bond acceptors (Lipinski definition) is 2. The van der Waals surface area contributed by atoms with E-state index in [1.807, 2.05) is 23.1 Å². The molecular weight excluding hydrogens is 260 g/mol. The Kier molecular flexibility index (Phi) is 4.84. The van der Waals surface area contributed by atoms with Gasteiger partial charge in [-0.2, -0.15) is 0 Å². The number of piperazine rings is 1. The van der Waals surface area contributed by atoms with Crippen molar-refractivity contribution in [2.24, 2.45) is 0 Å². The molecule has 19 heavy (non-hydrogen) atoms. The van der Waals surface area contributed by atoms with Gasteiger partial charge in [0.25, 0.3) is 5.91 Å². The molecule has 1 saturated heterocycles. The summed E-state index contributed by atoms with van der Waals surface area (Å²) in [7, 11) is 0. The molecule has 0 bridgehead atoms. The van der Waals surface area contributed by atoms with E-state index in [1.165, 1.54) is 5.56 Å². The lowest BCUT2D eigenvalue weighted by molar-refractivity contribution is -0.126. The van der Waals surface area contributed by atoms with Crippen LogP contribution in [0.25, 0.3) is 0 Å². The van der Waals surface area contributed by atoms with Gasteiger partial charge in [-0.05, 0) is 30.5 Å². The van der Waals surface area contributed by atoms with Crippen LogP contribution in [-0.2, 0) is 11.3 Å². The van der Waals surface area contributed by atoms with Crippen molar-refractivity contribution >= 4 is 17.5 Å².